The average Bonchev–Trinajstić information content (AvgIpc) is 2.83. The summed E-state index contributed by atoms with van der Waals surface area (Å²) in [6.45, 7) is 4.13. The highest BCUT2D eigenvalue weighted by molar-refractivity contribution is 5.95. The Labute approximate surface area is 125 Å². The van der Waals surface area contributed by atoms with Crippen LogP contribution in [0.15, 0.2) is 66.7 Å². The van der Waals surface area contributed by atoms with Crippen molar-refractivity contribution < 1.29 is 0 Å². The predicted molar refractivity (Wildman–Crippen MR) is 92.7 cm³/mol. The van der Waals surface area contributed by atoms with Crippen LogP contribution in [0.25, 0.3) is 28.7 Å². The van der Waals surface area contributed by atoms with Crippen molar-refractivity contribution in [3.05, 3.63) is 78.0 Å². The van der Waals surface area contributed by atoms with Crippen molar-refractivity contribution in [2.75, 3.05) is 0 Å². The zero-order valence-electron chi connectivity index (χ0n) is 12.5. The maximum absolute atomic E-state index is 2.32. The fourth-order valence-corrected chi connectivity index (χ4v) is 2.80. The van der Waals surface area contributed by atoms with Gasteiger partial charge in [0.05, 0.1) is 11.2 Å². The minimum absolute atomic E-state index is 1.19. The molecule has 1 heteroatoms. The van der Waals surface area contributed by atoms with Gasteiger partial charge in [-0.25, -0.2) is 0 Å². The molecule has 0 fully saturated rings. The van der Waals surface area contributed by atoms with Crippen LogP contribution < -0.4 is 0 Å². The third-order valence-electron chi connectivity index (χ3n) is 3.62. The Morgan fingerprint density at radius 1 is 0.762 bits per heavy atom. The molecule has 0 aliphatic rings. The number of aromatic nitrogens is 1. The SMILES string of the molecule is C/C=C\c1c(/C=C\C)n(-c2ccccc2)c2ccccc12. The summed E-state index contributed by atoms with van der Waals surface area (Å²) in [5, 5.41) is 1.28. The van der Waals surface area contributed by atoms with E-state index in [2.05, 4.69) is 97.3 Å². The van der Waals surface area contributed by atoms with E-state index in [-0.39, 0.29) is 0 Å². The van der Waals surface area contributed by atoms with Gasteiger partial charge in [-0.3, -0.25) is 0 Å². The lowest BCUT2D eigenvalue weighted by molar-refractivity contribution is 1.10. The summed E-state index contributed by atoms with van der Waals surface area (Å²) in [5.74, 6) is 0. The molecule has 0 bridgehead atoms. The number of rotatable bonds is 3. The normalized spacial score (nSPS) is 11.9. The number of benzene rings is 2. The fraction of sp³-hybridized carbons (Fsp3) is 0.100. The first-order valence-corrected chi connectivity index (χ1v) is 7.31. The van der Waals surface area contributed by atoms with Gasteiger partial charge in [-0.05, 0) is 38.1 Å². The van der Waals surface area contributed by atoms with Gasteiger partial charge in [0.1, 0.15) is 0 Å². The average molecular weight is 273 g/mol. The Hall–Kier alpha value is -2.54. The van der Waals surface area contributed by atoms with Gasteiger partial charge in [-0.15, -0.1) is 0 Å². The lowest BCUT2D eigenvalue weighted by atomic mass is 10.1. The maximum atomic E-state index is 2.32. The molecule has 0 aliphatic carbocycles. The Bertz CT molecular complexity index is 804. The number of hydrogen-bond donors (Lipinski definition) is 0. The molecule has 3 aromatic rings. The van der Waals surface area contributed by atoms with E-state index in [0.717, 1.165) is 0 Å². The highest BCUT2D eigenvalue weighted by Gasteiger charge is 2.13. The number of para-hydroxylation sites is 2. The number of fused-ring (bicyclic) bond motifs is 1. The van der Waals surface area contributed by atoms with Crippen LogP contribution in [-0.2, 0) is 0 Å². The second-order valence-electron chi connectivity index (χ2n) is 4.99. The van der Waals surface area contributed by atoms with Gasteiger partial charge in [0.2, 0.25) is 0 Å². The molecule has 2 aromatic carbocycles. The van der Waals surface area contributed by atoms with E-state index in [1.165, 1.54) is 27.8 Å². The Kier molecular flexibility index (Phi) is 3.74. The van der Waals surface area contributed by atoms with Crippen molar-refractivity contribution >= 4 is 23.1 Å². The maximum Gasteiger partial charge on any atom is 0.0541 e. The van der Waals surface area contributed by atoms with Crippen LogP contribution in [0.5, 0.6) is 0 Å². The summed E-state index contributed by atoms with van der Waals surface area (Å²) in [7, 11) is 0. The van der Waals surface area contributed by atoms with Gasteiger partial charge in [0.25, 0.3) is 0 Å². The van der Waals surface area contributed by atoms with Crippen LogP contribution in [-0.4, -0.2) is 4.57 Å². The Balaban J connectivity index is 2.44. The second-order valence-corrected chi connectivity index (χ2v) is 4.99. The lowest BCUT2D eigenvalue weighted by Gasteiger charge is -2.08. The summed E-state index contributed by atoms with van der Waals surface area (Å²) < 4.78 is 2.32. The van der Waals surface area contributed by atoms with Gasteiger partial charge in [0.15, 0.2) is 0 Å². The predicted octanol–water partition coefficient (Wildman–Crippen LogP) is 5.70. The van der Waals surface area contributed by atoms with Crippen molar-refractivity contribution in [2.24, 2.45) is 0 Å². The van der Waals surface area contributed by atoms with E-state index in [1.807, 2.05) is 0 Å². The van der Waals surface area contributed by atoms with Crippen LogP contribution in [0.1, 0.15) is 25.1 Å². The van der Waals surface area contributed by atoms with Gasteiger partial charge < -0.3 is 4.57 Å². The summed E-state index contributed by atoms with van der Waals surface area (Å²) >= 11 is 0. The van der Waals surface area contributed by atoms with E-state index in [1.54, 1.807) is 0 Å². The van der Waals surface area contributed by atoms with Crippen LogP contribution in [0.2, 0.25) is 0 Å². The quantitative estimate of drug-likeness (QED) is 0.577. The lowest BCUT2D eigenvalue weighted by Crippen LogP contribution is -1.96. The Morgan fingerprint density at radius 3 is 2.14 bits per heavy atom. The number of nitrogens with zero attached hydrogens (tertiary/aromatic N) is 1. The van der Waals surface area contributed by atoms with E-state index in [9.17, 15) is 0 Å². The molecule has 1 nitrogen and oxygen atoms in total. The standard InChI is InChI=1S/C20H19N/c1-3-10-17-18-14-8-9-15-20(18)21(19(17)11-4-2)16-12-6-5-7-13-16/h3-15H,1-2H3/b10-3-,11-4-. The zero-order chi connectivity index (χ0) is 14.7. The molecular weight excluding hydrogens is 254 g/mol. The highest BCUT2D eigenvalue weighted by atomic mass is 15.0. The van der Waals surface area contributed by atoms with E-state index in [0.29, 0.717) is 0 Å². The molecule has 0 amide bonds. The molecule has 21 heavy (non-hydrogen) atoms. The highest BCUT2D eigenvalue weighted by Crippen LogP contribution is 2.31. The molecule has 1 aromatic heterocycles. The molecule has 0 aliphatic heterocycles. The van der Waals surface area contributed by atoms with Gasteiger partial charge in [0, 0.05) is 16.6 Å². The van der Waals surface area contributed by atoms with E-state index in [4.69, 9.17) is 0 Å². The Morgan fingerprint density at radius 2 is 1.43 bits per heavy atom. The molecule has 0 radical (unpaired) electrons. The van der Waals surface area contributed by atoms with Crippen molar-refractivity contribution in [3.63, 3.8) is 0 Å². The van der Waals surface area contributed by atoms with Crippen LogP contribution in [0.3, 0.4) is 0 Å². The zero-order valence-corrected chi connectivity index (χ0v) is 12.5. The first-order valence-electron chi connectivity index (χ1n) is 7.31. The molecule has 3 rings (SSSR count). The summed E-state index contributed by atoms with van der Waals surface area (Å²) in [6.07, 6.45) is 8.57. The number of allylic oxidation sites excluding steroid dienone is 2. The van der Waals surface area contributed by atoms with Crippen molar-refractivity contribution in [3.8, 4) is 5.69 Å². The van der Waals surface area contributed by atoms with E-state index < -0.39 is 0 Å². The fourth-order valence-electron chi connectivity index (χ4n) is 2.80. The third kappa shape index (κ3) is 2.31. The van der Waals surface area contributed by atoms with E-state index >= 15 is 0 Å². The van der Waals surface area contributed by atoms with Gasteiger partial charge in [-0.1, -0.05) is 54.6 Å². The van der Waals surface area contributed by atoms with Crippen molar-refractivity contribution in [2.45, 2.75) is 13.8 Å². The summed E-state index contributed by atoms with van der Waals surface area (Å²) in [5.41, 5.74) is 4.93. The van der Waals surface area contributed by atoms with Crippen LogP contribution in [0.4, 0.5) is 0 Å². The molecule has 0 unspecified atom stereocenters. The topological polar surface area (TPSA) is 4.93 Å². The first kappa shape index (κ1) is 13.4. The molecular formula is C20H19N. The minimum Gasteiger partial charge on any atom is -0.309 e. The molecule has 1 heterocycles. The first-order chi connectivity index (χ1) is 10.4. The van der Waals surface area contributed by atoms with Gasteiger partial charge in [-0.2, -0.15) is 0 Å². The monoisotopic (exact) mass is 273 g/mol. The smallest absolute Gasteiger partial charge is 0.0541 e. The number of hydrogen-bond acceptors (Lipinski definition) is 0. The van der Waals surface area contributed by atoms with Crippen LogP contribution in [0, 0.1) is 0 Å². The molecule has 0 N–H and O–H groups in total. The minimum atomic E-state index is 1.19. The third-order valence-corrected chi connectivity index (χ3v) is 3.62. The largest absolute Gasteiger partial charge is 0.309 e. The summed E-state index contributed by atoms with van der Waals surface area (Å²) in [6, 6.07) is 19.1. The molecule has 0 saturated carbocycles. The molecule has 104 valence electrons. The molecule has 0 saturated heterocycles. The van der Waals surface area contributed by atoms with Crippen LogP contribution >= 0.6 is 0 Å². The second kappa shape index (κ2) is 5.84. The van der Waals surface area contributed by atoms with Crippen molar-refractivity contribution in [1.29, 1.82) is 0 Å². The summed E-state index contributed by atoms with van der Waals surface area (Å²) in [4.78, 5) is 0. The molecule has 0 atom stereocenters. The van der Waals surface area contributed by atoms with Crippen molar-refractivity contribution in [1.82, 2.24) is 4.57 Å². The molecule has 0 spiro atoms. The van der Waals surface area contributed by atoms with Gasteiger partial charge >= 0.3 is 0 Å².